The summed E-state index contributed by atoms with van der Waals surface area (Å²) in [5, 5.41) is 0.715. The summed E-state index contributed by atoms with van der Waals surface area (Å²) in [4.78, 5) is 0. The van der Waals surface area contributed by atoms with Crippen molar-refractivity contribution in [1.82, 2.24) is 0 Å². The number of nitrogens with two attached hydrogens (primary N) is 1. The van der Waals surface area contributed by atoms with Gasteiger partial charge in [0, 0.05) is 16.6 Å². The monoisotopic (exact) mass is 291 g/mol. The molecule has 2 aromatic carbocycles. The smallest absolute Gasteiger partial charge is 0.165 e. The summed E-state index contributed by atoms with van der Waals surface area (Å²) in [5.41, 5.74) is 8.31. The molecule has 0 amide bonds. The van der Waals surface area contributed by atoms with E-state index in [4.69, 9.17) is 26.8 Å². The van der Waals surface area contributed by atoms with Crippen molar-refractivity contribution in [3.63, 3.8) is 0 Å². The third kappa shape index (κ3) is 3.24. The highest BCUT2D eigenvalue weighted by Crippen LogP contribution is 2.34. The van der Waals surface area contributed by atoms with Gasteiger partial charge in [-0.2, -0.15) is 0 Å². The Hall–Kier alpha value is -1.71. The summed E-state index contributed by atoms with van der Waals surface area (Å²) in [6, 6.07) is 13.3. The van der Waals surface area contributed by atoms with Crippen molar-refractivity contribution in [2.45, 2.75) is 12.5 Å². The number of hydrogen-bond acceptors (Lipinski definition) is 3. The minimum atomic E-state index is -0.182. The van der Waals surface area contributed by atoms with Gasteiger partial charge in [0.05, 0.1) is 14.2 Å². The third-order valence-corrected chi connectivity index (χ3v) is 3.41. The molecule has 106 valence electrons. The maximum absolute atomic E-state index is 6.30. The second kappa shape index (κ2) is 6.64. The molecule has 1 unspecified atom stereocenters. The number of benzene rings is 2. The van der Waals surface area contributed by atoms with Gasteiger partial charge in [0.2, 0.25) is 0 Å². The molecule has 20 heavy (non-hydrogen) atoms. The first-order valence-electron chi connectivity index (χ1n) is 6.36. The summed E-state index contributed by atoms with van der Waals surface area (Å²) in [7, 11) is 3.23. The van der Waals surface area contributed by atoms with E-state index in [1.54, 1.807) is 14.2 Å². The Balaban J connectivity index is 2.27. The molecule has 2 aromatic rings. The van der Waals surface area contributed by atoms with Crippen molar-refractivity contribution in [2.75, 3.05) is 14.2 Å². The Labute approximate surface area is 124 Å². The lowest BCUT2D eigenvalue weighted by Crippen LogP contribution is -2.14. The Morgan fingerprint density at radius 2 is 1.85 bits per heavy atom. The van der Waals surface area contributed by atoms with Gasteiger partial charge in [0.1, 0.15) is 0 Å². The number of para-hydroxylation sites is 1. The molecule has 0 radical (unpaired) electrons. The Kier molecular flexibility index (Phi) is 4.88. The molecule has 0 aromatic heterocycles. The minimum Gasteiger partial charge on any atom is -0.493 e. The van der Waals surface area contributed by atoms with Crippen LogP contribution in [0.25, 0.3) is 0 Å². The van der Waals surface area contributed by atoms with E-state index in [9.17, 15) is 0 Å². The lowest BCUT2D eigenvalue weighted by atomic mass is 9.98. The first kappa shape index (κ1) is 14.7. The highest BCUT2D eigenvalue weighted by Gasteiger charge is 2.16. The molecular formula is C16H18ClNO2. The lowest BCUT2D eigenvalue weighted by Gasteiger charge is -2.18. The molecule has 0 saturated heterocycles. The van der Waals surface area contributed by atoms with Crippen molar-refractivity contribution >= 4 is 11.6 Å². The minimum absolute atomic E-state index is 0.182. The molecule has 0 saturated carbocycles. The van der Waals surface area contributed by atoms with Crippen LogP contribution in [-0.2, 0) is 6.42 Å². The van der Waals surface area contributed by atoms with Gasteiger partial charge in [0.15, 0.2) is 11.5 Å². The Morgan fingerprint density at radius 1 is 1.10 bits per heavy atom. The van der Waals surface area contributed by atoms with Crippen LogP contribution in [-0.4, -0.2) is 14.2 Å². The van der Waals surface area contributed by atoms with Crippen LogP contribution in [0.3, 0.4) is 0 Å². The second-order valence-corrected chi connectivity index (χ2v) is 4.96. The van der Waals surface area contributed by atoms with Crippen molar-refractivity contribution in [3.05, 3.63) is 58.6 Å². The number of rotatable bonds is 5. The SMILES string of the molecule is COc1cccc(C(N)Cc2cccc(Cl)c2)c1OC. The fraction of sp³-hybridized carbons (Fsp3) is 0.250. The van der Waals surface area contributed by atoms with Crippen LogP contribution >= 0.6 is 11.6 Å². The summed E-state index contributed by atoms with van der Waals surface area (Å²) in [6.45, 7) is 0. The van der Waals surface area contributed by atoms with Crippen LogP contribution in [0, 0.1) is 0 Å². The van der Waals surface area contributed by atoms with Crippen molar-refractivity contribution in [3.8, 4) is 11.5 Å². The van der Waals surface area contributed by atoms with E-state index in [1.165, 1.54) is 0 Å². The first-order chi connectivity index (χ1) is 9.65. The van der Waals surface area contributed by atoms with E-state index in [-0.39, 0.29) is 6.04 Å². The number of hydrogen-bond donors (Lipinski definition) is 1. The largest absolute Gasteiger partial charge is 0.493 e. The van der Waals surface area contributed by atoms with E-state index < -0.39 is 0 Å². The van der Waals surface area contributed by atoms with E-state index in [2.05, 4.69) is 0 Å². The summed E-state index contributed by atoms with van der Waals surface area (Å²) in [6.07, 6.45) is 0.685. The zero-order chi connectivity index (χ0) is 14.5. The van der Waals surface area contributed by atoms with E-state index in [0.717, 1.165) is 11.1 Å². The highest BCUT2D eigenvalue weighted by molar-refractivity contribution is 6.30. The highest BCUT2D eigenvalue weighted by atomic mass is 35.5. The van der Waals surface area contributed by atoms with Gasteiger partial charge in [-0.1, -0.05) is 35.9 Å². The van der Waals surface area contributed by atoms with E-state index >= 15 is 0 Å². The number of ether oxygens (including phenoxy) is 2. The average molecular weight is 292 g/mol. The molecule has 1 atom stereocenters. The van der Waals surface area contributed by atoms with Crippen LogP contribution in [0.2, 0.25) is 5.02 Å². The van der Waals surface area contributed by atoms with Gasteiger partial charge >= 0.3 is 0 Å². The fourth-order valence-corrected chi connectivity index (χ4v) is 2.44. The maximum atomic E-state index is 6.30. The molecular weight excluding hydrogens is 274 g/mol. The van der Waals surface area contributed by atoms with Gasteiger partial charge < -0.3 is 15.2 Å². The molecule has 0 aliphatic heterocycles. The normalized spacial score (nSPS) is 12.0. The van der Waals surface area contributed by atoms with Crippen molar-refractivity contribution < 1.29 is 9.47 Å². The molecule has 3 nitrogen and oxygen atoms in total. The van der Waals surface area contributed by atoms with Crippen LogP contribution in [0.5, 0.6) is 11.5 Å². The van der Waals surface area contributed by atoms with Gasteiger partial charge in [0.25, 0.3) is 0 Å². The van der Waals surface area contributed by atoms with Gasteiger partial charge in [-0.3, -0.25) is 0 Å². The first-order valence-corrected chi connectivity index (χ1v) is 6.74. The lowest BCUT2D eigenvalue weighted by molar-refractivity contribution is 0.349. The van der Waals surface area contributed by atoms with Gasteiger partial charge in [-0.25, -0.2) is 0 Å². The van der Waals surface area contributed by atoms with E-state index in [1.807, 2.05) is 42.5 Å². The summed E-state index contributed by atoms with van der Waals surface area (Å²) >= 11 is 6.00. The zero-order valence-corrected chi connectivity index (χ0v) is 12.4. The molecule has 0 fully saturated rings. The second-order valence-electron chi connectivity index (χ2n) is 4.52. The zero-order valence-electron chi connectivity index (χ0n) is 11.6. The fourth-order valence-electron chi connectivity index (χ4n) is 2.23. The molecule has 0 aliphatic rings. The molecule has 2 N–H and O–H groups in total. The van der Waals surface area contributed by atoms with Gasteiger partial charge in [-0.05, 0) is 30.2 Å². The van der Waals surface area contributed by atoms with Crippen molar-refractivity contribution in [1.29, 1.82) is 0 Å². The predicted octanol–water partition coefficient (Wildman–Crippen LogP) is 3.60. The van der Waals surface area contributed by atoms with Crippen LogP contribution < -0.4 is 15.2 Å². The average Bonchev–Trinajstić information content (AvgIpc) is 2.46. The maximum Gasteiger partial charge on any atom is 0.165 e. The number of halogens is 1. The topological polar surface area (TPSA) is 44.5 Å². The molecule has 4 heteroatoms. The molecule has 0 bridgehead atoms. The third-order valence-electron chi connectivity index (χ3n) is 3.18. The molecule has 0 aliphatic carbocycles. The van der Waals surface area contributed by atoms with Crippen LogP contribution in [0.1, 0.15) is 17.2 Å². The molecule has 2 rings (SSSR count). The summed E-state index contributed by atoms with van der Waals surface area (Å²) < 4.78 is 10.7. The number of methoxy groups -OCH3 is 2. The molecule has 0 spiro atoms. The van der Waals surface area contributed by atoms with Gasteiger partial charge in [-0.15, -0.1) is 0 Å². The Bertz CT molecular complexity index is 586. The van der Waals surface area contributed by atoms with E-state index in [0.29, 0.717) is 22.9 Å². The van der Waals surface area contributed by atoms with Crippen molar-refractivity contribution in [2.24, 2.45) is 5.73 Å². The standard InChI is InChI=1S/C16H18ClNO2/c1-19-15-8-4-7-13(16(15)20-2)14(18)10-11-5-3-6-12(17)9-11/h3-9,14H,10,18H2,1-2H3. The predicted molar refractivity (Wildman–Crippen MR) is 81.6 cm³/mol. The van der Waals surface area contributed by atoms with Crippen LogP contribution in [0.4, 0.5) is 0 Å². The quantitative estimate of drug-likeness (QED) is 0.915. The van der Waals surface area contributed by atoms with Crippen LogP contribution in [0.15, 0.2) is 42.5 Å². The molecule has 0 heterocycles. The Morgan fingerprint density at radius 3 is 2.50 bits per heavy atom. The summed E-state index contributed by atoms with van der Waals surface area (Å²) in [5.74, 6) is 1.37.